The van der Waals surface area contributed by atoms with Crippen LogP contribution in [-0.4, -0.2) is 15.7 Å². The van der Waals surface area contributed by atoms with Crippen LogP contribution in [-0.2, 0) is 6.42 Å². The second kappa shape index (κ2) is 5.85. The molecule has 0 spiro atoms. The number of aliphatic hydroxyl groups is 1. The van der Waals surface area contributed by atoms with Crippen molar-refractivity contribution in [3.63, 3.8) is 0 Å². The molecule has 0 radical (unpaired) electrons. The van der Waals surface area contributed by atoms with Gasteiger partial charge in [0.25, 0.3) is 0 Å². The Labute approximate surface area is 97.7 Å². The fraction of sp³-hybridized carbons (Fsp3) is 0.615. The van der Waals surface area contributed by atoms with E-state index in [2.05, 4.69) is 18.8 Å². The molecule has 16 heavy (non-hydrogen) atoms. The Morgan fingerprint density at radius 1 is 1.31 bits per heavy atom. The number of nitrogen functional groups attached to an aromatic ring is 1. The number of hydrogen-bond donors (Lipinski definition) is 2. The minimum absolute atomic E-state index is 0.535. The first-order valence-electron chi connectivity index (χ1n) is 6.03. The Morgan fingerprint density at radius 2 is 1.94 bits per heavy atom. The summed E-state index contributed by atoms with van der Waals surface area (Å²) < 4.78 is 0. The molecule has 0 saturated heterocycles. The Morgan fingerprint density at radius 3 is 2.44 bits per heavy atom. The van der Waals surface area contributed by atoms with Crippen molar-refractivity contribution >= 4 is 5.82 Å². The average molecular weight is 222 g/mol. The molecular formula is C13H22N2O. The lowest BCUT2D eigenvalue weighted by atomic mass is 9.86. The SMILES string of the molecule is CCCC(O)(CCC)Cc1cccnc1N. The first-order chi connectivity index (χ1) is 7.61. The van der Waals surface area contributed by atoms with E-state index in [9.17, 15) is 5.11 Å². The molecule has 0 saturated carbocycles. The highest BCUT2D eigenvalue weighted by Crippen LogP contribution is 2.26. The van der Waals surface area contributed by atoms with E-state index in [4.69, 9.17) is 5.73 Å². The second-order valence-corrected chi connectivity index (χ2v) is 4.45. The summed E-state index contributed by atoms with van der Waals surface area (Å²) in [6.07, 6.45) is 5.88. The summed E-state index contributed by atoms with van der Waals surface area (Å²) in [5.74, 6) is 0.535. The number of aromatic nitrogens is 1. The molecule has 0 aliphatic carbocycles. The Kier molecular flexibility index (Phi) is 4.74. The van der Waals surface area contributed by atoms with Crippen molar-refractivity contribution in [3.8, 4) is 0 Å². The van der Waals surface area contributed by atoms with Crippen molar-refractivity contribution < 1.29 is 5.11 Å². The maximum Gasteiger partial charge on any atom is 0.126 e. The lowest BCUT2D eigenvalue weighted by molar-refractivity contribution is 0.0217. The minimum Gasteiger partial charge on any atom is -0.390 e. The number of nitrogens with zero attached hydrogens (tertiary/aromatic N) is 1. The molecule has 0 unspecified atom stereocenters. The maximum atomic E-state index is 10.5. The fourth-order valence-corrected chi connectivity index (χ4v) is 2.19. The molecular weight excluding hydrogens is 200 g/mol. The van der Waals surface area contributed by atoms with Gasteiger partial charge >= 0.3 is 0 Å². The van der Waals surface area contributed by atoms with Gasteiger partial charge in [-0.05, 0) is 24.5 Å². The summed E-state index contributed by atoms with van der Waals surface area (Å²) in [6.45, 7) is 4.18. The molecule has 90 valence electrons. The van der Waals surface area contributed by atoms with Crippen LogP contribution < -0.4 is 5.73 Å². The molecule has 3 nitrogen and oxygen atoms in total. The monoisotopic (exact) mass is 222 g/mol. The van der Waals surface area contributed by atoms with Gasteiger partial charge in [0, 0.05) is 12.6 Å². The van der Waals surface area contributed by atoms with E-state index in [0.29, 0.717) is 12.2 Å². The van der Waals surface area contributed by atoms with E-state index in [1.165, 1.54) is 0 Å². The summed E-state index contributed by atoms with van der Waals surface area (Å²) in [5, 5.41) is 10.5. The fourth-order valence-electron chi connectivity index (χ4n) is 2.19. The molecule has 0 fully saturated rings. The van der Waals surface area contributed by atoms with E-state index in [1.807, 2.05) is 12.1 Å². The van der Waals surface area contributed by atoms with E-state index in [1.54, 1.807) is 6.20 Å². The van der Waals surface area contributed by atoms with Crippen molar-refractivity contribution in [1.29, 1.82) is 0 Å². The number of nitrogens with two attached hydrogens (primary N) is 1. The van der Waals surface area contributed by atoms with E-state index >= 15 is 0 Å². The van der Waals surface area contributed by atoms with Crippen LogP contribution in [0.5, 0.6) is 0 Å². The van der Waals surface area contributed by atoms with Gasteiger partial charge in [0.15, 0.2) is 0 Å². The highest BCUT2D eigenvalue weighted by molar-refractivity contribution is 5.39. The average Bonchev–Trinajstić information content (AvgIpc) is 2.22. The standard InChI is InChI=1S/C13H22N2O/c1-3-7-13(16,8-4-2)10-11-6-5-9-15-12(11)14/h5-6,9,16H,3-4,7-8,10H2,1-2H3,(H2,14,15). The molecule has 0 aliphatic heterocycles. The third-order valence-electron chi connectivity index (χ3n) is 2.88. The Bertz CT molecular complexity index is 319. The maximum absolute atomic E-state index is 10.5. The predicted octanol–water partition coefficient (Wildman–Crippen LogP) is 2.54. The van der Waals surface area contributed by atoms with Gasteiger partial charge in [-0.3, -0.25) is 0 Å². The van der Waals surface area contributed by atoms with Gasteiger partial charge in [0.2, 0.25) is 0 Å². The molecule has 3 heteroatoms. The van der Waals surface area contributed by atoms with Crippen LogP contribution >= 0.6 is 0 Å². The highest BCUT2D eigenvalue weighted by Gasteiger charge is 2.26. The van der Waals surface area contributed by atoms with Crippen molar-refractivity contribution in [2.24, 2.45) is 0 Å². The van der Waals surface area contributed by atoms with E-state index in [0.717, 1.165) is 31.2 Å². The van der Waals surface area contributed by atoms with Gasteiger partial charge in [-0.1, -0.05) is 32.8 Å². The Balaban J connectivity index is 2.79. The van der Waals surface area contributed by atoms with Crippen molar-refractivity contribution in [2.45, 2.75) is 51.6 Å². The van der Waals surface area contributed by atoms with Crippen molar-refractivity contribution in [1.82, 2.24) is 4.98 Å². The summed E-state index contributed by atoms with van der Waals surface area (Å²) in [4.78, 5) is 4.05. The van der Waals surface area contributed by atoms with Crippen LogP contribution in [0, 0.1) is 0 Å². The van der Waals surface area contributed by atoms with Crippen LogP contribution in [0.2, 0.25) is 0 Å². The van der Waals surface area contributed by atoms with Gasteiger partial charge in [-0.25, -0.2) is 4.98 Å². The van der Waals surface area contributed by atoms with Crippen LogP contribution in [0.15, 0.2) is 18.3 Å². The third-order valence-corrected chi connectivity index (χ3v) is 2.88. The summed E-state index contributed by atoms with van der Waals surface area (Å²) in [5.41, 5.74) is 6.12. The normalized spacial score (nSPS) is 11.7. The largest absolute Gasteiger partial charge is 0.390 e. The third kappa shape index (κ3) is 3.49. The topological polar surface area (TPSA) is 59.1 Å². The zero-order valence-corrected chi connectivity index (χ0v) is 10.2. The molecule has 0 aliphatic rings. The molecule has 1 aromatic rings. The molecule has 0 amide bonds. The molecule has 3 N–H and O–H groups in total. The van der Waals surface area contributed by atoms with Crippen molar-refractivity contribution in [3.05, 3.63) is 23.9 Å². The highest BCUT2D eigenvalue weighted by atomic mass is 16.3. The molecule has 1 rings (SSSR count). The van der Waals surface area contributed by atoms with Gasteiger partial charge in [-0.15, -0.1) is 0 Å². The molecule has 0 bridgehead atoms. The van der Waals surface area contributed by atoms with Crippen LogP contribution in [0.3, 0.4) is 0 Å². The predicted molar refractivity (Wildman–Crippen MR) is 67.1 cm³/mol. The quantitative estimate of drug-likeness (QED) is 0.777. The minimum atomic E-state index is -0.624. The first kappa shape index (κ1) is 13.0. The second-order valence-electron chi connectivity index (χ2n) is 4.45. The van der Waals surface area contributed by atoms with Gasteiger partial charge < -0.3 is 10.8 Å². The number of hydrogen-bond acceptors (Lipinski definition) is 3. The Hall–Kier alpha value is -1.09. The van der Waals surface area contributed by atoms with E-state index in [-0.39, 0.29) is 0 Å². The van der Waals surface area contributed by atoms with E-state index < -0.39 is 5.60 Å². The van der Waals surface area contributed by atoms with Gasteiger partial charge in [-0.2, -0.15) is 0 Å². The zero-order valence-electron chi connectivity index (χ0n) is 10.2. The molecule has 1 heterocycles. The summed E-state index contributed by atoms with van der Waals surface area (Å²) in [7, 11) is 0. The lowest BCUT2D eigenvalue weighted by Gasteiger charge is -2.28. The van der Waals surface area contributed by atoms with Gasteiger partial charge in [0.05, 0.1) is 5.60 Å². The molecule has 1 aromatic heterocycles. The molecule has 0 aromatic carbocycles. The van der Waals surface area contributed by atoms with Crippen LogP contribution in [0.4, 0.5) is 5.82 Å². The van der Waals surface area contributed by atoms with Crippen LogP contribution in [0.1, 0.15) is 45.1 Å². The zero-order chi connectivity index (χ0) is 12.0. The first-order valence-corrected chi connectivity index (χ1v) is 6.03. The number of pyridine rings is 1. The smallest absolute Gasteiger partial charge is 0.126 e. The summed E-state index contributed by atoms with van der Waals surface area (Å²) in [6, 6.07) is 3.81. The molecule has 0 atom stereocenters. The number of rotatable bonds is 6. The number of anilines is 1. The van der Waals surface area contributed by atoms with Gasteiger partial charge in [0.1, 0.15) is 5.82 Å². The van der Waals surface area contributed by atoms with Crippen molar-refractivity contribution in [2.75, 3.05) is 5.73 Å². The lowest BCUT2D eigenvalue weighted by Crippen LogP contribution is -2.31. The van der Waals surface area contributed by atoms with Crippen LogP contribution in [0.25, 0.3) is 0 Å². The summed E-state index contributed by atoms with van der Waals surface area (Å²) >= 11 is 0.